The molecule has 0 spiro atoms. The normalized spacial score (nSPS) is 19.6. The first kappa shape index (κ1) is 15.8. The van der Waals surface area contributed by atoms with E-state index in [4.69, 9.17) is 4.74 Å². The first-order valence-corrected chi connectivity index (χ1v) is 8.27. The molecule has 1 N–H and O–H groups in total. The van der Waals surface area contributed by atoms with Crippen molar-refractivity contribution in [3.8, 4) is 0 Å². The maximum absolute atomic E-state index is 5.62. The number of morpholine rings is 1. The van der Waals surface area contributed by atoms with E-state index in [0.717, 1.165) is 37.2 Å². The molecule has 1 aliphatic heterocycles. The van der Waals surface area contributed by atoms with Gasteiger partial charge in [0.1, 0.15) is 0 Å². The Hall–Kier alpha value is -0.580. The zero-order valence-corrected chi connectivity index (χ0v) is 14.2. The zero-order chi connectivity index (χ0) is 14.5. The van der Waals surface area contributed by atoms with Gasteiger partial charge in [-0.15, -0.1) is 0 Å². The van der Waals surface area contributed by atoms with Crippen molar-refractivity contribution < 1.29 is 4.74 Å². The predicted molar refractivity (Wildman–Crippen MR) is 88.4 cm³/mol. The van der Waals surface area contributed by atoms with E-state index in [1.807, 2.05) is 0 Å². The van der Waals surface area contributed by atoms with E-state index < -0.39 is 0 Å². The lowest BCUT2D eigenvalue weighted by Crippen LogP contribution is -2.45. The Balaban J connectivity index is 2.25. The lowest BCUT2D eigenvalue weighted by Gasteiger charge is -2.38. The monoisotopic (exact) mass is 340 g/mol. The standard InChI is InChI=1S/C16H25BrN2O/c1-4-15-11-20-8-7-19(15)16-9-14(17)6-5-13(16)10-18-12(2)3/h5-6,9,12,15,18H,4,7-8,10-11H2,1-3H3. The van der Waals surface area contributed by atoms with Gasteiger partial charge in [-0.2, -0.15) is 0 Å². The Morgan fingerprint density at radius 3 is 2.95 bits per heavy atom. The van der Waals surface area contributed by atoms with Gasteiger partial charge in [0.2, 0.25) is 0 Å². The average molecular weight is 341 g/mol. The van der Waals surface area contributed by atoms with Crippen molar-refractivity contribution in [3.63, 3.8) is 0 Å². The number of benzene rings is 1. The summed E-state index contributed by atoms with van der Waals surface area (Å²) in [7, 11) is 0. The fraction of sp³-hybridized carbons (Fsp3) is 0.625. The van der Waals surface area contributed by atoms with Gasteiger partial charge in [-0.25, -0.2) is 0 Å². The highest BCUT2D eigenvalue weighted by Gasteiger charge is 2.23. The van der Waals surface area contributed by atoms with Crippen LogP contribution in [0.25, 0.3) is 0 Å². The summed E-state index contributed by atoms with van der Waals surface area (Å²) < 4.78 is 6.76. The molecule has 1 aromatic rings. The highest BCUT2D eigenvalue weighted by atomic mass is 79.9. The molecule has 1 unspecified atom stereocenters. The molecule has 2 rings (SSSR count). The third-order valence-electron chi connectivity index (χ3n) is 3.76. The van der Waals surface area contributed by atoms with Crippen LogP contribution < -0.4 is 10.2 Å². The van der Waals surface area contributed by atoms with E-state index in [-0.39, 0.29) is 0 Å². The molecule has 1 heterocycles. The second-order valence-corrected chi connectivity index (χ2v) is 6.55. The minimum Gasteiger partial charge on any atom is -0.377 e. The molecule has 1 aromatic carbocycles. The van der Waals surface area contributed by atoms with Gasteiger partial charge in [-0.3, -0.25) is 0 Å². The molecule has 3 nitrogen and oxygen atoms in total. The largest absolute Gasteiger partial charge is 0.377 e. The first-order valence-electron chi connectivity index (χ1n) is 7.48. The maximum atomic E-state index is 5.62. The van der Waals surface area contributed by atoms with Crippen LogP contribution in [0.1, 0.15) is 32.8 Å². The van der Waals surface area contributed by atoms with Crippen molar-refractivity contribution in [1.29, 1.82) is 0 Å². The highest BCUT2D eigenvalue weighted by Crippen LogP contribution is 2.29. The average Bonchev–Trinajstić information content (AvgIpc) is 2.45. The number of hydrogen-bond acceptors (Lipinski definition) is 3. The highest BCUT2D eigenvalue weighted by molar-refractivity contribution is 9.10. The van der Waals surface area contributed by atoms with Gasteiger partial charge < -0.3 is 15.0 Å². The van der Waals surface area contributed by atoms with Gasteiger partial charge >= 0.3 is 0 Å². The lowest BCUT2D eigenvalue weighted by molar-refractivity contribution is 0.0929. The van der Waals surface area contributed by atoms with Crippen LogP contribution in [-0.4, -0.2) is 31.8 Å². The van der Waals surface area contributed by atoms with Crippen LogP contribution in [-0.2, 0) is 11.3 Å². The molecule has 1 atom stereocenters. The van der Waals surface area contributed by atoms with E-state index in [1.165, 1.54) is 11.3 Å². The summed E-state index contributed by atoms with van der Waals surface area (Å²) in [6, 6.07) is 7.57. The summed E-state index contributed by atoms with van der Waals surface area (Å²) in [5, 5.41) is 3.52. The number of nitrogens with zero attached hydrogens (tertiary/aromatic N) is 1. The molecule has 1 saturated heterocycles. The lowest BCUT2D eigenvalue weighted by atomic mass is 10.1. The van der Waals surface area contributed by atoms with E-state index in [9.17, 15) is 0 Å². The summed E-state index contributed by atoms with van der Waals surface area (Å²) in [6.07, 6.45) is 1.11. The number of halogens is 1. The van der Waals surface area contributed by atoms with Crippen molar-refractivity contribution in [2.45, 2.75) is 45.8 Å². The van der Waals surface area contributed by atoms with Crippen molar-refractivity contribution in [2.24, 2.45) is 0 Å². The summed E-state index contributed by atoms with van der Waals surface area (Å²) in [5.74, 6) is 0. The Bertz CT molecular complexity index is 436. The number of rotatable bonds is 5. The number of ether oxygens (including phenoxy) is 1. The van der Waals surface area contributed by atoms with Gasteiger partial charge in [0.25, 0.3) is 0 Å². The van der Waals surface area contributed by atoms with Crippen molar-refractivity contribution in [2.75, 3.05) is 24.7 Å². The van der Waals surface area contributed by atoms with Gasteiger partial charge in [0.15, 0.2) is 0 Å². The molecule has 1 aliphatic rings. The first-order chi connectivity index (χ1) is 9.61. The second-order valence-electron chi connectivity index (χ2n) is 5.64. The van der Waals surface area contributed by atoms with Crippen LogP contribution in [0.3, 0.4) is 0 Å². The van der Waals surface area contributed by atoms with E-state index >= 15 is 0 Å². The van der Waals surface area contributed by atoms with Crippen LogP contribution >= 0.6 is 15.9 Å². The Labute approximate surface area is 130 Å². The van der Waals surface area contributed by atoms with E-state index in [1.54, 1.807) is 0 Å². The van der Waals surface area contributed by atoms with Gasteiger partial charge in [-0.05, 0) is 24.1 Å². The van der Waals surface area contributed by atoms with Gasteiger partial charge in [0.05, 0.1) is 19.3 Å². The number of hydrogen-bond donors (Lipinski definition) is 1. The second kappa shape index (κ2) is 7.43. The molecule has 4 heteroatoms. The smallest absolute Gasteiger partial charge is 0.0670 e. The Morgan fingerprint density at radius 2 is 2.25 bits per heavy atom. The van der Waals surface area contributed by atoms with Crippen molar-refractivity contribution >= 4 is 21.6 Å². The molecular formula is C16H25BrN2O. The molecule has 0 amide bonds. The third-order valence-corrected chi connectivity index (χ3v) is 4.25. The molecule has 0 aliphatic carbocycles. The minimum absolute atomic E-state index is 0.482. The summed E-state index contributed by atoms with van der Waals surface area (Å²) in [5.41, 5.74) is 2.70. The summed E-state index contributed by atoms with van der Waals surface area (Å²) in [4.78, 5) is 2.51. The molecule has 0 aromatic heterocycles. The summed E-state index contributed by atoms with van der Waals surface area (Å²) >= 11 is 3.61. The molecule has 0 radical (unpaired) electrons. The summed E-state index contributed by atoms with van der Waals surface area (Å²) in [6.45, 7) is 10.1. The topological polar surface area (TPSA) is 24.5 Å². The fourth-order valence-corrected chi connectivity index (χ4v) is 2.93. The number of anilines is 1. The molecular weight excluding hydrogens is 316 g/mol. The quantitative estimate of drug-likeness (QED) is 0.886. The van der Waals surface area contributed by atoms with E-state index in [0.29, 0.717) is 12.1 Å². The molecule has 0 saturated carbocycles. The van der Waals surface area contributed by atoms with Crippen LogP contribution in [0.15, 0.2) is 22.7 Å². The predicted octanol–water partition coefficient (Wildman–Crippen LogP) is 3.56. The van der Waals surface area contributed by atoms with Crippen LogP contribution in [0.4, 0.5) is 5.69 Å². The molecule has 0 bridgehead atoms. The fourth-order valence-electron chi connectivity index (χ4n) is 2.58. The zero-order valence-electron chi connectivity index (χ0n) is 12.7. The number of nitrogens with one attached hydrogen (secondary N) is 1. The maximum Gasteiger partial charge on any atom is 0.0670 e. The van der Waals surface area contributed by atoms with Gasteiger partial charge in [-0.1, -0.05) is 42.8 Å². The van der Waals surface area contributed by atoms with E-state index in [2.05, 4.69) is 65.1 Å². The minimum atomic E-state index is 0.482. The van der Waals surface area contributed by atoms with Crippen LogP contribution in [0.5, 0.6) is 0 Å². The SMILES string of the molecule is CCC1COCCN1c1cc(Br)ccc1CNC(C)C. The van der Waals surface area contributed by atoms with Crippen molar-refractivity contribution in [3.05, 3.63) is 28.2 Å². The Morgan fingerprint density at radius 1 is 1.45 bits per heavy atom. The molecule has 20 heavy (non-hydrogen) atoms. The van der Waals surface area contributed by atoms with Gasteiger partial charge in [0, 0.05) is 29.3 Å². The molecule has 112 valence electrons. The molecule has 1 fully saturated rings. The third kappa shape index (κ3) is 3.96. The van der Waals surface area contributed by atoms with Crippen molar-refractivity contribution in [1.82, 2.24) is 5.32 Å². The van der Waals surface area contributed by atoms with Crippen LogP contribution in [0, 0.1) is 0 Å². The Kier molecular flexibility index (Phi) is 5.87. The van der Waals surface area contributed by atoms with Crippen LogP contribution in [0.2, 0.25) is 0 Å².